The second-order valence-corrected chi connectivity index (χ2v) is 8.15. The van der Waals surface area contributed by atoms with Gasteiger partial charge in [-0.2, -0.15) is 8.42 Å². The fraction of sp³-hybridized carbons (Fsp3) is 0.917. The van der Waals surface area contributed by atoms with E-state index in [1.807, 2.05) is 19.0 Å². The minimum atomic E-state index is -4.08. The number of hydrogen-bond donors (Lipinski definition) is 3. The molecule has 0 aliphatic carbocycles. The lowest BCUT2D eigenvalue weighted by Gasteiger charge is -2.29. The van der Waals surface area contributed by atoms with Crippen LogP contribution in [0, 0.1) is 5.41 Å². The number of amides is 1. The first kappa shape index (κ1) is 17.4. The highest BCUT2D eigenvalue weighted by Crippen LogP contribution is 2.16. The van der Waals surface area contributed by atoms with Crippen LogP contribution >= 0.6 is 0 Å². The summed E-state index contributed by atoms with van der Waals surface area (Å²) < 4.78 is 31.0. The summed E-state index contributed by atoms with van der Waals surface area (Å²) in [5.74, 6) is -0.219. The Morgan fingerprint density at radius 1 is 1.45 bits per heavy atom. The van der Waals surface area contributed by atoms with Gasteiger partial charge >= 0.3 is 0 Å². The Kier molecular flexibility index (Phi) is 5.54. The average molecular weight is 307 g/mol. The van der Waals surface area contributed by atoms with Gasteiger partial charge in [-0.25, -0.2) is 0 Å². The monoisotopic (exact) mass is 307 g/mol. The standard InChI is InChI=1S/C12H25N3O4S/c1-12(2,8-15(3)4)7-14-11(16)10-5-9(6-13-10)20(17,18)19/h9-10,13H,5-8H2,1-4H3,(H,14,16)(H,17,18,19). The summed E-state index contributed by atoms with van der Waals surface area (Å²) in [6, 6.07) is -0.558. The summed E-state index contributed by atoms with van der Waals surface area (Å²) in [5, 5.41) is 4.77. The molecule has 118 valence electrons. The van der Waals surface area contributed by atoms with E-state index in [1.165, 1.54) is 0 Å². The van der Waals surface area contributed by atoms with Gasteiger partial charge in [0.2, 0.25) is 5.91 Å². The van der Waals surface area contributed by atoms with Crippen molar-refractivity contribution in [2.75, 3.05) is 33.7 Å². The van der Waals surface area contributed by atoms with Crippen molar-refractivity contribution >= 4 is 16.0 Å². The number of nitrogens with zero attached hydrogens (tertiary/aromatic N) is 1. The average Bonchev–Trinajstić information content (AvgIpc) is 2.72. The maximum Gasteiger partial charge on any atom is 0.269 e. The molecule has 2 atom stereocenters. The first-order chi connectivity index (χ1) is 9.01. The van der Waals surface area contributed by atoms with Crippen LogP contribution in [0.3, 0.4) is 0 Å². The zero-order valence-electron chi connectivity index (χ0n) is 12.5. The normalized spacial score (nSPS) is 24.1. The van der Waals surface area contributed by atoms with E-state index < -0.39 is 21.4 Å². The van der Waals surface area contributed by atoms with Crippen molar-refractivity contribution in [1.82, 2.24) is 15.5 Å². The van der Waals surface area contributed by atoms with Crippen molar-refractivity contribution < 1.29 is 17.8 Å². The summed E-state index contributed by atoms with van der Waals surface area (Å²) in [6.45, 7) is 5.56. The largest absolute Gasteiger partial charge is 0.354 e. The predicted octanol–water partition coefficient (Wildman–Crippen LogP) is -0.691. The van der Waals surface area contributed by atoms with E-state index >= 15 is 0 Å². The van der Waals surface area contributed by atoms with Gasteiger partial charge in [-0.3, -0.25) is 9.35 Å². The van der Waals surface area contributed by atoms with Crippen LogP contribution in [0.25, 0.3) is 0 Å². The van der Waals surface area contributed by atoms with Gasteiger partial charge in [0.05, 0.1) is 6.04 Å². The van der Waals surface area contributed by atoms with Crippen molar-refractivity contribution in [3.8, 4) is 0 Å². The van der Waals surface area contributed by atoms with Gasteiger partial charge < -0.3 is 15.5 Å². The molecule has 0 saturated carbocycles. The summed E-state index contributed by atoms with van der Waals surface area (Å²) in [4.78, 5) is 14.0. The molecule has 8 heteroatoms. The van der Waals surface area contributed by atoms with Gasteiger partial charge in [0, 0.05) is 19.6 Å². The third kappa shape index (κ3) is 5.35. The van der Waals surface area contributed by atoms with E-state index in [9.17, 15) is 13.2 Å². The quantitative estimate of drug-likeness (QED) is 0.562. The molecule has 1 aliphatic rings. The zero-order valence-corrected chi connectivity index (χ0v) is 13.3. The molecule has 1 fully saturated rings. The zero-order chi connectivity index (χ0) is 15.6. The molecule has 0 aromatic carbocycles. The molecular weight excluding hydrogens is 282 g/mol. The molecule has 0 spiro atoms. The molecule has 7 nitrogen and oxygen atoms in total. The molecule has 2 unspecified atom stereocenters. The van der Waals surface area contributed by atoms with Crippen molar-refractivity contribution in [3.63, 3.8) is 0 Å². The van der Waals surface area contributed by atoms with Gasteiger partial charge in [0.1, 0.15) is 5.25 Å². The molecule has 1 heterocycles. The topological polar surface area (TPSA) is 98.7 Å². The van der Waals surface area contributed by atoms with E-state index in [-0.39, 0.29) is 24.3 Å². The summed E-state index contributed by atoms with van der Waals surface area (Å²) >= 11 is 0. The lowest BCUT2D eigenvalue weighted by atomic mass is 9.93. The molecule has 0 aromatic rings. The van der Waals surface area contributed by atoms with Gasteiger partial charge in [-0.05, 0) is 25.9 Å². The second-order valence-electron chi connectivity index (χ2n) is 6.45. The van der Waals surface area contributed by atoms with Crippen molar-refractivity contribution in [2.24, 2.45) is 5.41 Å². The molecule has 1 saturated heterocycles. The van der Waals surface area contributed by atoms with Crippen molar-refractivity contribution in [3.05, 3.63) is 0 Å². The molecule has 1 rings (SSSR count). The molecule has 3 N–H and O–H groups in total. The fourth-order valence-electron chi connectivity index (χ4n) is 2.49. The highest BCUT2D eigenvalue weighted by atomic mass is 32.2. The minimum Gasteiger partial charge on any atom is -0.354 e. The van der Waals surface area contributed by atoms with E-state index in [0.29, 0.717) is 6.54 Å². The van der Waals surface area contributed by atoms with Crippen LogP contribution in [-0.2, 0) is 14.9 Å². The third-order valence-corrected chi connectivity index (χ3v) is 4.52. The number of carbonyl (C=O) groups excluding carboxylic acids is 1. The predicted molar refractivity (Wildman–Crippen MR) is 77.1 cm³/mol. The lowest BCUT2D eigenvalue weighted by molar-refractivity contribution is -0.123. The Labute approximate surface area is 120 Å². The van der Waals surface area contributed by atoms with Crippen molar-refractivity contribution in [1.29, 1.82) is 0 Å². The van der Waals surface area contributed by atoms with E-state index in [4.69, 9.17) is 4.55 Å². The van der Waals surface area contributed by atoms with Crippen LogP contribution in [0.4, 0.5) is 0 Å². The van der Waals surface area contributed by atoms with E-state index in [0.717, 1.165) is 6.54 Å². The molecule has 0 aromatic heterocycles. The maximum atomic E-state index is 12.0. The molecular formula is C12H25N3O4S. The van der Waals surface area contributed by atoms with E-state index in [2.05, 4.69) is 24.5 Å². The molecule has 0 bridgehead atoms. The van der Waals surface area contributed by atoms with Crippen LogP contribution in [0.1, 0.15) is 20.3 Å². The molecule has 1 amide bonds. The van der Waals surface area contributed by atoms with Crippen LogP contribution in [0.15, 0.2) is 0 Å². The Balaban J connectivity index is 2.45. The minimum absolute atomic E-state index is 0.0692. The highest BCUT2D eigenvalue weighted by molar-refractivity contribution is 7.86. The Hall–Kier alpha value is -0.700. The molecule has 0 radical (unpaired) electrons. The summed E-state index contributed by atoms with van der Waals surface area (Å²) in [7, 11) is -0.135. The van der Waals surface area contributed by atoms with Crippen LogP contribution in [-0.4, -0.2) is 68.8 Å². The molecule has 1 aliphatic heterocycles. The van der Waals surface area contributed by atoms with Crippen LogP contribution < -0.4 is 10.6 Å². The number of carbonyl (C=O) groups is 1. The highest BCUT2D eigenvalue weighted by Gasteiger charge is 2.36. The third-order valence-electron chi connectivity index (χ3n) is 3.31. The second kappa shape index (κ2) is 6.38. The van der Waals surface area contributed by atoms with Crippen molar-refractivity contribution in [2.45, 2.75) is 31.6 Å². The summed E-state index contributed by atoms with van der Waals surface area (Å²) in [6.07, 6.45) is 0.110. The van der Waals surface area contributed by atoms with E-state index in [1.54, 1.807) is 0 Å². The first-order valence-corrected chi connectivity index (χ1v) is 8.14. The van der Waals surface area contributed by atoms with Gasteiger partial charge in [0.15, 0.2) is 0 Å². The van der Waals surface area contributed by atoms with Gasteiger partial charge in [-0.15, -0.1) is 0 Å². The lowest BCUT2D eigenvalue weighted by Crippen LogP contribution is -2.46. The Morgan fingerprint density at radius 2 is 2.05 bits per heavy atom. The molecule has 20 heavy (non-hydrogen) atoms. The number of nitrogens with one attached hydrogen (secondary N) is 2. The van der Waals surface area contributed by atoms with Gasteiger partial charge in [0.25, 0.3) is 10.1 Å². The maximum absolute atomic E-state index is 12.0. The fourth-order valence-corrected chi connectivity index (χ4v) is 3.23. The van der Waals surface area contributed by atoms with Crippen LogP contribution in [0.5, 0.6) is 0 Å². The van der Waals surface area contributed by atoms with Crippen LogP contribution in [0.2, 0.25) is 0 Å². The SMILES string of the molecule is CN(C)CC(C)(C)CNC(=O)C1CC(S(=O)(=O)O)CN1. The summed E-state index contributed by atoms with van der Waals surface area (Å²) in [5.41, 5.74) is -0.0692. The van der Waals surface area contributed by atoms with Gasteiger partial charge in [-0.1, -0.05) is 13.8 Å². The number of hydrogen-bond acceptors (Lipinski definition) is 5. The number of rotatable bonds is 6. The smallest absolute Gasteiger partial charge is 0.269 e. The Morgan fingerprint density at radius 3 is 2.50 bits per heavy atom. The Bertz CT molecular complexity index is 448. The first-order valence-electron chi connectivity index (χ1n) is 6.63.